The van der Waals surface area contributed by atoms with Crippen LogP contribution in [0, 0.1) is 5.41 Å². The van der Waals surface area contributed by atoms with Crippen LogP contribution in [0.15, 0.2) is 12.3 Å². The normalized spacial score (nSPS) is 25.4. The van der Waals surface area contributed by atoms with Gasteiger partial charge in [-0.05, 0) is 30.9 Å². The van der Waals surface area contributed by atoms with Crippen LogP contribution in [0.5, 0.6) is 0 Å². The van der Waals surface area contributed by atoms with Crippen molar-refractivity contribution in [1.29, 1.82) is 0 Å². The molecule has 1 aliphatic heterocycles. The van der Waals surface area contributed by atoms with Gasteiger partial charge in [-0.15, -0.1) is 0 Å². The van der Waals surface area contributed by atoms with E-state index in [0.29, 0.717) is 5.41 Å². The van der Waals surface area contributed by atoms with E-state index in [1.54, 1.807) is 0 Å². The zero-order chi connectivity index (χ0) is 11.4. The molecule has 1 aromatic heterocycles. The second kappa shape index (κ2) is 4.78. The first-order valence-corrected chi connectivity index (χ1v) is 5.92. The van der Waals surface area contributed by atoms with E-state index < -0.39 is 0 Å². The van der Waals surface area contributed by atoms with Crippen LogP contribution in [0.4, 0.5) is 5.82 Å². The Hall–Kier alpha value is -1.16. The highest BCUT2D eigenvalue weighted by atomic mass is 15.0. The molecular formula is C12H20N4. The Morgan fingerprint density at radius 1 is 1.56 bits per heavy atom. The zero-order valence-electron chi connectivity index (χ0n) is 10.1. The molecule has 1 atom stereocenters. The predicted octanol–water partition coefficient (Wildman–Crippen LogP) is 1.45. The van der Waals surface area contributed by atoms with Crippen LogP contribution in [0.1, 0.15) is 25.6 Å². The molecular weight excluding hydrogens is 200 g/mol. The number of rotatable bonds is 3. The molecule has 1 fully saturated rings. The van der Waals surface area contributed by atoms with Crippen LogP contribution in [-0.4, -0.2) is 30.1 Å². The largest absolute Gasteiger partial charge is 0.373 e. The molecule has 1 aromatic rings. The molecule has 1 aliphatic rings. The summed E-state index contributed by atoms with van der Waals surface area (Å²) in [7, 11) is 1.88. The van der Waals surface area contributed by atoms with E-state index in [1.165, 1.54) is 12.8 Å². The second-order valence-corrected chi connectivity index (χ2v) is 4.88. The molecule has 2 heterocycles. The van der Waals surface area contributed by atoms with Crippen LogP contribution in [0.2, 0.25) is 0 Å². The summed E-state index contributed by atoms with van der Waals surface area (Å²) in [4.78, 5) is 8.83. The number of anilines is 1. The fourth-order valence-corrected chi connectivity index (χ4v) is 2.27. The second-order valence-electron chi connectivity index (χ2n) is 4.88. The van der Waals surface area contributed by atoms with Crippen LogP contribution in [0.3, 0.4) is 0 Å². The SMILES string of the molecule is CNc1ccnc(CC2(C)CCCNC2)n1. The zero-order valence-corrected chi connectivity index (χ0v) is 10.1. The van der Waals surface area contributed by atoms with E-state index in [-0.39, 0.29) is 0 Å². The number of nitrogens with one attached hydrogen (secondary N) is 2. The van der Waals surface area contributed by atoms with Crippen molar-refractivity contribution in [3.63, 3.8) is 0 Å². The van der Waals surface area contributed by atoms with Gasteiger partial charge in [0.1, 0.15) is 11.6 Å². The van der Waals surface area contributed by atoms with Gasteiger partial charge in [0.2, 0.25) is 0 Å². The first-order valence-electron chi connectivity index (χ1n) is 5.92. The fraction of sp³-hybridized carbons (Fsp3) is 0.667. The van der Waals surface area contributed by atoms with E-state index >= 15 is 0 Å². The van der Waals surface area contributed by atoms with Crippen molar-refractivity contribution in [3.8, 4) is 0 Å². The summed E-state index contributed by atoms with van der Waals surface area (Å²) in [6.07, 6.45) is 5.29. The Labute approximate surface area is 96.9 Å². The molecule has 0 spiro atoms. The van der Waals surface area contributed by atoms with Crippen LogP contribution < -0.4 is 10.6 Å². The van der Waals surface area contributed by atoms with Crippen LogP contribution >= 0.6 is 0 Å². The lowest BCUT2D eigenvalue weighted by molar-refractivity contribution is 0.230. The van der Waals surface area contributed by atoms with E-state index in [0.717, 1.165) is 31.2 Å². The quantitative estimate of drug-likeness (QED) is 0.809. The van der Waals surface area contributed by atoms with Crippen molar-refractivity contribution < 1.29 is 0 Å². The van der Waals surface area contributed by atoms with E-state index in [2.05, 4.69) is 27.5 Å². The maximum atomic E-state index is 4.48. The Bertz CT molecular complexity index is 345. The number of hydrogen-bond donors (Lipinski definition) is 2. The molecule has 0 bridgehead atoms. The average molecular weight is 220 g/mol. The molecule has 1 saturated heterocycles. The first kappa shape index (κ1) is 11.3. The summed E-state index contributed by atoms with van der Waals surface area (Å²) in [5, 5.41) is 6.50. The minimum absolute atomic E-state index is 0.310. The molecule has 2 rings (SSSR count). The molecule has 0 aliphatic carbocycles. The van der Waals surface area contributed by atoms with Gasteiger partial charge in [0, 0.05) is 26.2 Å². The summed E-state index contributed by atoms with van der Waals surface area (Å²) in [6, 6.07) is 1.89. The fourth-order valence-electron chi connectivity index (χ4n) is 2.27. The van der Waals surface area contributed by atoms with Gasteiger partial charge in [0.25, 0.3) is 0 Å². The van der Waals surface area contributed by atoms with Gasteiger partial charge in [0.15, 0.2) is 0 Å². The predicted molar refractivity (Wildman–Crippen MR) is 65.5 cm³/mol. The summed E-state index contributed by atoms with van der Waals surface area (Å²) in [5.74, 6) is 1.84. The highest BCUT2D eigenvalue weighted by Gasteiger charge is 2.27. The molecule has 0 amide bonds. The highest BCUT2D eigenvalue weighted by molar-refractivity contribution is 5.31. The molecule has 2 N–H and O–H groups in total. The van der Waals surface area contributed by atoms with Crippen LogP contribution in [-0.2, 0) is 6.42 Å². The molecule has 16 heavy (non-hydrogen) atoms. The third kappa shape index (κ3) is 2.70. The molecule has 0 aromatic carbocycles. The highest BCUT2D eigenvalue weighted by Crippen LogP contribution is 2.28. The number of nitrogens with zero attached hydrogens (tertiary/aromatic N) is 2. The van der Waals surface area contributed by atoms with Gasteiger partial charge in [-0.1, -0.05) is 6.92 Å². The summed E-state index contributed by atoms with van der Waals surface area (Å²) in [6.45, 7) is 4.53. The third-order valence-corrected chi connectivity index (χ3v) is 3.23. The third-order valence-electron chi connectivity index (χ3n) is 3.23. The maximum absolute atomic E-state index is 4.48. The molecule has 88 valence electrons. The number of aromatic nitrogens is 2. The Balaban J connectivity index is 2.07. The van der Waals surface area contributed by atoms with Crippen molar-refractivity contribution in [2.45, 2.75) is 26.2 Å². The topological polar surface area (TPSA) is 49.8 Å². The minimum atomic E-state index is 0.310. The van der Waals surface area contributed by atoms with Crippen LogP contribution in [0.25, 0.3) is 0 Å². The van der Waals surface area contributed by atoms with E-state index in [4.69, 9.17) is 0 Å². The first-order chi connectivity index (χ1) is 7.72. The standard InChI is InChI=1S/C12H20N4/c1-12(5-3-6-14-9-12)8-11-15-7-4-10(13-2)16-11/h4,7,14H,3,5-6,8-9H2,1-2H3,(H,13,15,16). The lowest BCUT2D eigenvalue weighted by Gasteiger charge is -2.33. The van der Waals surface area contributed by atoms with Gasteiger partial charge >= 0.3 is 0 Å². The summed E-state index contributed by atoms with van der Waals surface area (Å²) < 4.78 is 0. The lowest BCUT2D eigenvalue weighted by Crippen LogP contribution is -2.39. The van der Waals surface area contributed by atoms with Crippen molar-refractivity contribution in [2.75, 3.05) is 25.5 Å². The Morgan fingerprint density at radius 3 is 3.12 bits per heavy atom. The lowest BCUT2D eigenvalue weighted by atomic mass is 9.79. The monoisotopic (exact) mass is 220 g/mol. The van der Waals surface area contributed by atoms with Crippen molar-refractivity contribution in [1.82, 2.24) is 15.3 Å². The number of hydrogen-bond acceptors (Lipinski definition) is 4. The Morgan fingerprint density at radius 2 is 2.44 bits per heavy atom. The maximum Gasteiger partial charge on any atom is 0.131 e. The van der Waals surface area contributed by atoms with Gasteiger partial charge in [0.05, 0.1) is 0 Å². The molecule has 0 saturated carbocycles. The smallest absolute Gasteiger partial charge is 0.131 e. The van der Waals surface area contributed by atoms with Gasteiger partial charge < -0.3 is 10.6 Å². The molecule has 4 nitrogen and oxygen atoms in total. The molecule has 1 unspecified atom stereocenters. The molecule has 0 radical (unpaired) electrons. The Kier molecular flexibility index (Phi) is 3.39. The van der Waals surface area contributed by atoms with Gasteiger partial charge in [-0.25, -0.2) is 9.97 Å². The minimum Gasteiger partial charge on any atom is -0.373 e. The van der Waals surface area contributed by atoms with Gasteiger partial charge in [-0.3, -0.25) is 0 Å². The molecule has 4 heteroatoms. The van der Waals surface area contributed by atoms with Crippen molar-refractivity contribution in [3.05, 3.63) is 18.1 Å². The van der Waals surface area contributed by atoms with Crippen molar-refractivity contribution in [2.24, 2.45) is 5.41 Å². The number of piperidine rings is 1. The summed E-state index contributed by atoms with van der Waals surface area (Å²) in [5.41, 5.74) is 0.310. The van der Waals surface area contributed by atoms with Gasteiger partial charge in [-0.2, -0.15) is 0 Å². The summed E-state index contributed by atoms with van der Waals surface area (Å²) >= 11 is 0. The average Bonchev–Trinajstić information content (AvgIpc) is 2.29. The van der Waals surface area contributed by atoms with Crippen molar-refractivity contribution >= 4 is 5.82 Å². The van der Waals surface area contributed by atoms with E-state index in [1.807, 2.05) is 19.3 Å². The van der Waals surface area contributed by atoms with E-state index in [9.17, 15) is 0 Å².